The fraction of sp³-hybridized carbons (Fsp3) is 0.636. The van der Waals surface area contributed by atoms with Gasteiger partial charge in [-0.05, 0) is 45.1 Å². The maximum Gasteiger partial charge on any atom is 0.271 e. The van der Waals surface area contributed by atoms with E-state index >= 15 is 0 Å². The molecule has 1 saturated heterocycles. The van der Waals surface area contributed by atoms with Gasteiger partial charge in [-0.25, -0.2) is 13.6 Å². The van der Waals surface area contributed by atoms with Gasteiger partial charge in [0.25, 0.3) is 10.0 Å². The molecule has 0 atom stereocenters. The number of likely N-dealkylation sites (tertiary alicyclic amines) is 1. The van der Waals surface area contributed by atoms with Crippen molar-refractivity contribution < 1.29 is 12.8 Å². The average Bonchev–Trinajstić information content (AvgIpc) is 2.77. The summed E-state index contributed by atoms with van der Waals surface area (Å²) in [4.78, 5) is 2.30. The van der Waals surface area contributed by atoms with Crippen LogP contribution in [0.15, 0.2) is 21.6 Å². The smallest absolute Gasteiger partial charge is 0.271 e. The molecule has 0 amide bonds. The summed E-state index contributed by atoms with van der Waals surface area (Å²) in [5.74, 6) is 0.595. The van der Waals surface area contributed by atoms with Crippen molar-refractivity contribution in [2.75, 3.05) is 20.1 Å². The summed E-state index contributed by atoms with van der Waals surface area (Å²) in [5, 5.41) is 8.17. The summed E-state index contributed by atoms with van der Waals surface area (Å²) in [6, 6.07) is 3.49. The highest BCUT2D eigenvalue weighted by Gasteiger charge is 2.17. The molecule has 1 aliphatic heterocycles. The normalized spacial score (nSPS) is 19.2. The van der Waals surface area contributed by atoms with E-state index in [0.29, 0.717) is 18.3 Å². The zero-order chi connectivity index (χ0) is 13.2. The molecule has 0 saturated carbocycles. The second-order valence-corrected chi connectivity index (χ2v) is 6.22. The molecular weight excluding hydrogens is 254 g/mol. The number of primary sulfonamides is 1. The van der Waals surface area contributed by atoms with E-state index < -0.39 is 10.0 Å². The van der Waals surface area contributed by atoms with Crippen molar-refractivity contribution in [3.05, 3.63) is 17.9 Å². The Balaban J connectivity index is 1.85. The number of piperidine rings is 1. The molecule has 0 spiro atoms. The lowest BCUT2D eigenvalue weighted by Crippen LogP contribution is -2.40. The quantitative estimate of drug-likeness (QED) is 0.813. The van der Waals surface area contributed by atoms with Crippen molar-refractivity contribution in [2.45, 2.75) is 30.5 Å². The van der Waals surface area contributed by atoms with Crippen molar-refractivity contribution in [1.29, 1.82) is 0 Å². The third-order valence-electron chi connectivity index (χ3n) is 3.20. The molecule has 1 aromatic rings. The van der Waals surface area contributed by atoms with Gasteiger partial charge in [-0.1, -0.05) is 0 Å². The molecule has 6 nitrogen and oxygen atoms in total. The van der Waals surface area contributed by atoms with Crippen LogP contribution in [0.1, 0.15) is 18.6 Å². The second-order valence-electron chi connectivity index (χ2n) is 4.72. The molecule has 0 aliphatic carbocycles. The number of hydrogen-bond acceptors (Lipinski definition) is 5. The van der Waals surface area contributed by atoms with Gasteiger partial charge in [-0.15, -0.1) is 0 Å². The molecule has 3 N–H and O–H groups in total. The molecular formula is C11H19N3O3S. The van der Waals surface area contributed by atoms with Crippen LogP contribution in [0, 0.1) is 0 Å². The van der Waals surface area contributed by atoms with Crippen LogP contribution in [0.2, 0.25) is 0 Å². The van der Waals surface area contributed by atoms with Crippen molar-refractivity contribution in [2.24, 2.45) is 5.14 Å². The fourth-order valence-electron chi connectivity index (χ4n) is 2.06. The summed E-state index contributed by atoms with van der Waals surface area (Å²) < 4.78 is 27.3. The molecule has 7 heteroatoms. The van der Waals surface area contributed by atoms with E-state index in [1.54, 1.807) is 6.07 Å². The van der Waals surface area contributed by atoms with Crippen LogP contribution < -0.4 is 10.5 Å². The summed E-state index contributed by atoms with van der Waals surface area (Å²) in [6.07, 6.45) is 2.19. The van der Waals surface area contributed by atoms with Gasteiger partial charge in [0.15, 0.2) is 0 Å². The van der Waals surface area contributed by atoms with Gasteiger partial charge in [0.1, 0.15) is 5.76 Å². The largest absolute Gasteiger partial charge is 0.447 e. The number of nitrogens with one attached hydrogen (secondary N) is 1. The average molecular weight is 273 g/mol. The molecule has 0 bridgehead atoms. The van der Waals surface area contributed by atoms with Crippen molar-refractivity contribution in [1.82, 2.24) is 10.2 Å². The number of nitrogens with two attached hydrogens (primary N) is 1. The summed E-state index contributed by atoms with van der Waals surface area (Å²) in [6.45, 7) is 2.69. The van der Waals surface area contributed by atoms with Crippen LogP contribution in [0.5, 0.6) is 0 Å². The molecule has 1 aromatic heterocycles. The van der Waals surface area contributed by atoms with E-state index in [1.807, 2.05) is 0 Å². The number of furan rings is 1. The lowest BCUT2D eigenvalue weighted by atomic mass is 10.1. The van der Waals surface area contributed by atoms with Gasteiger partial charge >= 0.3 is 0 Å². The van der Waals surface area contributed by atoms with Gasteiger partial charge in [-0.2, -0.15) is 0 Å². The minimum Gasteiger partial charge on any atom is -0.447 e. The van der Waals surface area contributed by atoms with Crippen LogP contribution in [0.25, 0.3) is 0 Å². The second kappa shape index (κ2) is 5.40. The van der Waals surface area contributed by atoms with Gasteiger partial charge in [0.05, 0.1) is 6.54 Å². The highest BCUT2D eigenvalue weighted by Crippen LogP contribution is 2.13. The van der Waals surface area contributed by atoms with Crippen LogP contribution >= 0.6 is 0 Å². The molecule has 0 unspecified atom stereocenters. The Morgan fingerprint density at radius 1 is 1.44 bits per heavy atom. The number of hydrogen-bond donors (Lipinski definition) is 2. The Kier molecular flexibility index (Phi) is 4.06. The zero-order valence-corrected chi connectivity index (χ0v) is 11.2. The summed E-state index contributed by atoms with van der Waals surface area (Å²) in [5.41, 5.74) is 0. The first kappa shape index (κ1) is 13.5. The highest BCUT2D eigenvalue weighted by molar-refractivity contribution is 7.89. The van der Waals surface area contributed by atoms with Crippen LogP contribution in [0.3, 0.4) is 0 Å². The first-order valence-corrected chi connectivity index (χ1v) is 7.53. The number of rotatable bonds is 4. The Bertz CT molecular complexity index is 489. The first-order chi connectivity index (χ1) is 8.45. The summed E-state index contributed by atoms with van der Waals surface area (Å²) in [7, 11) is -1.62. The molecule has 1 fully saturated rings. The van der Waals surface area contributed by atoms with E-state index in [0.717, 1.165) is 25.9 Å². The predicted octanol–water partition coefficient (Wildman–Crippen LogP) is 0.111. The van der Waals surface area contributed by atoms with Gasteiger partial charge < -0.3 is 14.6 Å². The monoisotopic (exact) mass is 273 g/mol. The molecule has 102 valence electrons. The van der Waals surface area contributed by atoms with E-state index in [-0.39, 0.29) is 5.09 Å². The third-order valence-corrected chi connectivity index (χ3v) is 3.98. The third kappa shape index (κ3) is 3.55. The molecule has 2 rings (SSSR count). The first-order valence-electron chi connectivity index (χ1n) is 5.98. The fourth-order valence-corrected chi connectivity index (χ4v) is 2.54. The maximum atomic E-state index is 11.0. The van der Waals surface area contributed by atoms with Crippen LogP contribution in [-0.2, 0) is 16.6 Å². The maximum absolute atomic E-state index is 11.0. The van der Waals surface area contributed by atoms with Gasteiger partial charge in [-0.3, -0.25) is 0 Å². The number of sulfonamides is 1. The standard InChI is InChI=1S/C11H19N3O3S/c1-14-6-4-9(5-7-14)13-8-10-2-3-11(17-10)18(12,15)16/h2-3,9,13H,4-8H2,1H3,(H2,12,15,16). The van der Waals surface area contributed by atoms with E-state index in [4.69, 9.17) is 9.56 Å². The molecule has 2 heterocycles. The van der Waals surface area contributed by atoms with Crippen molar-refractivity contribution >= 4 is 10.0 Å². The Labute approximate surface area is 107 Å². The zero-order valence-electron chi connectivity index (χ0n) is 10.4. The molecule has 0 aromatic carbocycles. The van der Waals surface area contributed by atoms with Gasteiger partial charge in [0, 0.05) is 6.04 Å². The van der Waals surface area contributed by atoms with Crippen LogP contribution in [-0.4, -0.2) is 39.5 Å². The van der Waals surface area contributed by atoms with E-state index in [2.05, 4.69) is 17.3 Å². The van der Waals surface area contributed by atoms with Gasteiger partial charge in [0.2, 0.25) is 5.09 Å². The topological polar surface area (TPSA) is 88.6 Å². The minimum absolute atomic E-state index is 0.178. The molecule has 0 radical (unpaired) electrons. The molecule has 18 heavy (non-hydrogen) atoms. The SMILES string of the molecule is CN1CCC(NCc2ccc(S(N)(=O)=O)o2)CC1. The van der Waals surface area contributed by atoms with Crippen molar-refractivity contribution in [3.63, 3.8) is 0 Å². The Hall–Kier alpha value is -0.890. The Morgan fingerprint density at radius 3 is 2.67 bits per heavy atom. The van der Waals surface area contributed by atoms with Crippen molar-refractivity contribution in [3.8, 4) is 0 Å². The molecule has 1 aliphatic rings. The lowest BCUT2D eigenvalue weighted by Gasteiger charge is -2.29. The minimum atomic E-state index is -3.73. The van der Waals surface area contributed by atoms with Crippen LogP contribution in [0.4, 0.5) is 0 Å². The van der Waals surface area contributed by atoms with E-state index in [1.165, 1.54) is 6.07 Å². The number of nitrogens with zero attached hydrogens (tertiary/aromatic N) is 1. The summed E-state index contributed by atoms with van der Waals surface area (Å²) >= 11 is 0. The van der Waals surface area contributed by atoms with E-state index in [9.17, 15) is 8.42 Å². The predicted molar refractivity (Wildman–Crippen MR) is 67.4 cm³/mol. The lowest BCUT2D eigenvalue weighted by molar-refractivity contribution is 0.230. The Morgan fingerprint density at radius 2 is 2.11 bits per heavy atom. The highest BCUT2D eigenvalue weighted by atomic mass is 32.2.